The van der Waals surface area contributed by atoms with Gasteiger partial charge in [0, 0.05) is 18.3 Å². The summed E-state index contributed by atoms with van der Waals surface area (Å²) in [6.07, 6.45) is 1.95. The lowest BCUT2D eigenvalue weighted by Crippen LogP contribution is -2.26. The number of nitrogens with zero attached hydrogens (tertiary/aromatic N) is 1. The predicted molar refractivity (Wildman–Crippen MR) is 101 cm³/mol. The first-order valence-corrected chi connectivity index (χ1v) is 8.58. The van der Waals surface area contributed by atoms with E-state index >= 15 is 0 Å². The number of nitrogens with one attached hydrogen (secondary N) is 2. The van der Waals surface area contributed by atoms with Crippen LogP contribution in [-0.2, 0) is 6.42 Å². The number of rotatable bonds is 6. The normalized spacial score (nSPS) is 10.4. The zero-order valence-corrected chi connectivity index (χ0v) is 14.8. The third-order valence-electron chi connectivity index (χ3n) is 4.00. The molecule has 0 spiro atoms. The molecule has 0 atom stereocenters. The molecule has 0 aliphatic rings. The Morgan fingerprint density at radius 1 is 0.893 bits per heavy atom. The largest absolute Gasteiger partial charge is 0.352 e. The van der Waals surface area contributed by atoms with Gasteiger partial charge in [-0.05, 0) is 36.2 Å². The molecule has 0 radical (unpaired) electrons. The van der Waals surface area contributed by atoms with Crippen LogP contribution in [0.1, 0.15) is 26.4 Å². The first kappa shape index (κ1) is 19.2. The van der Waals surface area contributed by atoms with Crippen LogP contribution in [0.5, 0.6) is 0 Å². The third kappa shape index (κ3) is 4.76. The zero-order chi connectivity index (χ0) is 19.9. The molecule has 3 aromatic rings. The molecule has 2 N–H and O–H groups in total. The summed E-state index contributed by atoms with van der Waals surface area (Å²) in [5.41, 5.74) is 0.622. The number of carbonyl (C=O) groups is 2. The highest BCUT2D eigenvalue weighted by Gasteiger charge is 2.16. The van der Waals surface area contributed by atoms with Gasteiger partial charge in [0.05, 0.1) is 0 Å². The number of para-hydroxylation sites is 1. The van der Waals surface area contributed by atoms with Crippen LogP contribution in [0.2, 0.25) is 0 Å². The Hall–Kier alpha value is -3.61. The lowest BCUT2D eigenvalue weighted by molar-refractivity contribution is 0.0954. The number of anilines is 1. The highest BCUT2D eigenvalue weighted by molar-refractivity contribution is 6.04. The minimum atomic E-state index is -0.900. The Labute approximate surface area is 160 Å². The number of hydrogen-bond donors (Lipinski definition) is 2. The second kappa shape index (κ2) is 8.85. The van der Waals surface area contributed by atoms with Gasteiger partial charge in [0.25, 0.3) is 11.8 Å². The number of pyridine rings is 1. The van der Waals surface area contributed by atoms with Crippen LogP contribution in [0.15, 0.2) is 66.9 Å². The Morgan fingerprint density at radius 3 is 2.32 bits per heavy atom. The molecule has 7 heteroatoms. The molecule has 0 saturated heterocycles. The van der Waals surface area contributed by atoms with E-state index in [1.807, 2.05) is 30.3 Å². The fourth-order valence-corrected chi connectivity index (χ4v) is 2.56. The standard InChI is InChI=1S/C21H17F2N3O2/c22-16-7-4-8-17(23)19(16)26-21(28)18-13-15(10-12-24-18)20(27)25-11-9-14-5-2-1-3-6-14/h1-8,10,12-13H,9,11H2,(H,25,27)(H,26,28). The molecule has 3 rings (SSSR count). The van der Waals surface area contributed by atoms with Crippen molar-refractivity contribution in [1.29, 1.82) is 0 Å². The van der Waals surface area contributed by atoms with Gasteiger partial charge in [0.15, 0.2) is 0 Å². The van der Waals surface area contributed by atoms with Gasteiger partial charge in [0.1, 0.15) is 23.0 Å². The highest BCUT2D eigenvalue weighted by atomic mass is 19.1. The summed E-state index contributed by atoms with van der Waals surface area (Å²) in [6.45, 7) is 0.424. The molecule has 0 bridgehead atoms. The molecule has 0 fully saturated rings. The highest BCUT2D eigenvalue weighted by Crippen LogP contribution is 2.18. The van der Waals surface area contributed by atoms with Crippen LogP contribution in [0, 0.1) is 11.6 Å². The van der Waals surface area contributed by atoms with Gasteiger partial charge in [-0.2, -0.15) is 0 Å². The summed E-state index contributed by atoms with van der Waals surface area (Å²) in [4.78, 5) is 28.4. The first-order chi connectivity index (χ1) is 13.5. The molecule has 0 aliphatic carbocycles. The van der Waals surface area contributed by atoms with Gasteiger partial charge in [-0.25, -0.2) is 8.78 Å². The maximum absolute atomic E-state index is 13.7. The van der Waals surface area contributed by atoms with E-state index < -0.39 is 23.2 Å². The van der Waals surface area contributed by atoms with E-state index in [0.717, 1.165) is 17.7 Å². The van der Waals surface area contributed by atoms with Crippen LogP contribution in [-0.4, -0.2) is 23.3 Å². The Bertz CT molecular complexity index is 974. The summed E-state index contributed by atoms with van der Waals surface area (Å²) >= 11 is 0. The third-order valence-corrected chi connectivity index (χ3v) is 4.00. The van der Waals surface area contributed by atoms with Crippen molar-refractivity contribution in [2.24, 2.45) is 0 Å². The lowest BCUT2D eigenvalue weighted by atomic mass is 10.1. The van der Waals surface area contributed by atoms with Crippen molar-refractivity contribution in [3.05, 3.63) is 95.3 Å². The maximum atomic E-state index is 13.7. The van der Waals surface area contributed by atoms with E-state index in [9.17, 15) is 18.4 Å². The molecule has 2 aromatic carbocycles. The Kier molecular flexibility index (Phi) is 6.06. The van der Waals surface area contributed by atoms with E-state index in [1.165, 1.54) is 24.4 Å². The van der Waals surface area contributed by atoms with Crippen molar-refractivity contribution in [2.45, 2.75) is 6.42 Å². The Morgan fingerprint density at radius 2 is 1.61 bits per heavy atom. The maximum Gasteiger partial charge on any atom is 0.274 e. The summed E-state index contributed by atoms with van der Waals surface area (Å²) < 4.78 is 27.3. The molecular formula is C21H17F2N3O2. The first-order valence-electron chi connectivity index (χ1n) is 8.58. The zero-order valence-electron chi connectivity index (χ0n) is 14.8. The van der Waals surface area contributed by atoms with Gasteiger partial charge < -0.3 is 10.6 Å². The second-order valence-electron chi connectivity index (χ2n) is 5.97. The molecular weight excluding hydrogens is 364 g/mol. The van der Waals surface area contributed by atoms with Gasteiger partial charge in [-0.1, -0.05) is 36.4 Å². The number of amides is 2. The number of carbonyl (C=O) groups excluding carboxylic acids is 2. The molecule has 0 saturated carbocycles. The fourth-order valence-electron chi connectivity index (χ4n) is 2.56. The second-order valence-corrected chi connectivity index (χ2v) is 5.97. The van der Waals surface area contributed by atoms with Crippen molar-refractivity contribution >= 4 is 17.5 Å². The Balaban J connectivity index is 1.64. The summed E-state index contributed by atoms with van der Waals surface area (Å²) in [7, 11) is 0. The van der Waals surface area contributed by atoms with E-state index in [2.05, 4.69) is 15.6 Å². The minimum Gasteiger partial charge on any atom is -0.352 e. The molecule has 0 aliphatic heterocycles. The van der Waals surface area contributed by atoms with Gasteiger partial charge in [-0.3, -0.25) is 14.6 Å². The molecule has 0 unspecified atom stereocenters. The van der Waals surface area contributed by atoms with Crippen molar-refractivity contribution in [3.63, 3.8) is 0 Å². The van der Waals surface area contributed by atoms with Gasteiger partial charge >= 0.3 is 0 Å². The number of benzene rings is 2. The molecule has 1 aromatic heterocycles. The van der Waals surface area contributed by atoms with Crippen molar-refractivity contribution < 1.29 is 18.4 Å². The molecule has 2 amide bonds. The van der Waals surface area contributed by atoms with Crippen LogP contribution in [0.3, 0.4) is 0 Å². The average Bonchev–Trinajstić information content (AvgIpc) is 2.71. The fraction of sp³-hybridized carbons (Fsp3) is 0.0952. The average molecular weight is 381 g/mol. The summed E-state index contributed by atoms with van der Waals surface area (Å²) in [5, 5.41) is 4.91. The minimum absolute atomic E-state index is 0.127. The molecule has 28 heavy (non-hydrogen) atoms. The summed E-state index contributed by atoms with van der Waals surface area (Å²) in [5.74, 6) is -2.99. The number of hydrogen-bond acceptors (Lipinski definition) is 3. The molecule has 142 valence electrons. The molecule has 1 heterocycles. The molecule has 5 nitrogen and oxygen atoms in total. The van der Waals surface area contributed by atoms with E-state index in [1.54, 1.807) is 0 Å². The predicted octanol–water partition coefficient (Wildman–Crippen LogP) is 3.58. The van der Waals surface area contributed by atoms with E-state index in [0.29, 0.717) is 13.0 Å². The SMILES string of the molecule is O=C(NCCc1ccccc1)c1ccnc(C(=O)Nc2c(F)cccc2F)c1. The number of halogens is 2. The van der Waals surface area contributed by atoms with Crippen LogP contribution < -0.4 is 10.6 Å². The van der Waals surface area contributed by atoms with Crippen LogP contribution >= 0.6 is 0 Å². The van der Waals surface area contributed by atoms with E-state index in [-0.39, 0.29) is 17.2 Å². The lowest BCUT2D eigenvalue weighted by Gasteiger charge is -2.09. The van der Waals surface area contributed by atoms with Crippen molar-refractivity contribution in [1.82, 2.24) is 10.3 Å². The van der Waals surface area contributed by atoms with Crippen LogP contribution in [0.4, 0.5) is 14.5 Å². The van der Waals surface area contributed by atoms with Crippen LogP contribution in [0.25, 0.3) is 0 Å². The topological polar surface area (TPSA) is 71.1 Å². The van der Waals surface area contributed by atoms with Gasteiger partial charge in [-0.15, -0.1) is 0 Å². The quantitative estimate of drug-likeness (QED) is 0.686. The summed E-state index contributed by atoms with van der Waals surface area (Å²) in [6, 6.07) is 15.7. The monoisotopic (exact) mass is 381 g/mol. The smallest absolute Gasteiger partial charge is 0.274 e. The van der Waals surface area contributed by atoms with Crippen molar-refractivity contribution in [2.75, 3.05) is 11.9 Å². The van der Waals surface area contributed by atoms with Crippen molar-refractivity contribution in [3.8, 4) is 0 Å². The van der Waals surface area contributed by atoms with Gasteiger partial charge in [0.2, 0.25) is 0 Å². The van der Waals surface area contributed by atoms with E-state index in [4.69, 9.17) is 0 Å². The number of aromatic nitrogens is 1.